The molecule has 1 atom stereocenters. The Morgan fingerprint density at radius 3 is 1.97 bits per heavy atom. The lowest BCUT2D eigenvalue weighted by Gasteiger charge is -2.25. The number of nitrogens with zero attached hydrogens (tertiary/aromatic N) is 4. The zero-order valence-electron chi connectivity index (χ0n) is 20.3. The third kappa shape index (κ3) is 5.36. The Morgan fingerprint density at radius 2 is 1.41 bits per heavy atom. The number of hydrogen-bond donors (Lipinski definition) is 1. The number of carbonyl (C=O) groups is 1. The van der Waals surface area contributed by atoms with Crippen molar-refractivity contribution >= 4 is 23.0 Å². The molecule has 0 aliphatic carbocycles. The van der Waals surface area contributed by atoms with E-state index in [-0.39, 0.29) is 5.75 Å². The standard InChI is InChI=1S/C30H26N4O3/c1-37-30(36)29(20-22-12-18-27(35)19-13-22)33-21-28(31-32-33)23-14-16-26(17-15-23)34(24-8-4-2-5-9-24)25-10-6-3-7-11-25/h2-19,21,29,35H,20H2,1H3/t29-/m0/s1. The van der Waals surface area contributed by atoms with E-state index in [1.807, 2.05) is 60.7 Å². The predicted octanol–water partition coefficient (Wildman–Crippen LogP) is 6.08. The molecule has 0 spiro atoms. The number of phenolic OH excluding ortho intramolecular Hbond substituents is 1. The lowest BCUT2D eigenvalue weighted by atomic mass is 10.1. The van der Waals surface area contributed by atoms with Crippen molar-refractivity contribution in [3.8, 4) is 17.0 Å². The Morgan fingerprint density at radius 1 is 0.838 bits per heavy atom. The Hall–Kier alpha value is -4.91. The first-order chi connectivity index (χ1) is 18.1. The molecule has 0 aliphatic heterocycles. The van der Waals surface area contributed by atoms with E-state index in [0.717, 1.165) is 28.2 Å². The van der Waals surface area contributed by atoms with Crippen molar-refractivity contribution < 1.29 is 14.6 Å². The zero-order chi connectivity index (χ0) is 25.6. The molecule has 0 aliphatic rings. The van der Waals surface area contributed by atoms with Crippen LogP contribution in [-0.4, -0.2) is 33.2 Å². The van der Waals surface area contributed by atoms with Gasteiger partial charge in [-0.05, 0) is 54.1 Å². The summed E-state index contributed by atoms with van der Waals surface area (Å²) in [7, 11) is 1.36. The fraction of sp³-hybridized carbons (Fsp3) is 0.100. The SMILES string of the molecule is COC(=O)[C@H](Cc1ccc(O)cc1)n1cc(-c2ccc(N(c3ccccc3)c3ccccc3)cc2)nn1. The van der Waals surface area contributed by atoms with Gasteiger partial charge in [-0.1, -0.05) is 65.9 Å². The van der Waals surface area contributed by atoms with Crippen molar-refractivity contribution in [3.05, 3.63) is 121 Å². The van der Waals surface area contributed by atoms with Crippen LogP contribution in [0, 0.1) is 0 Å². The van der Waals surface area contributed by atoms with Crippen molar-refractivity contribution in [1.29, 1.82) is 0 Å². The number of aromatic nitrogens is 3. The molecule has 37 heavy (non-hydrogen) atoms. The highest BCUT2D eigenvalue weighted by atomic mass is 16.5. The van der Waals surface area contributed by atoms with E-state index in [2.05, 4.69) is 39.5 Å². The van der Waals surface area contributed by atoms with Gasteiger partial charge in [0.05, 0.1) is 13.3 Å². The molecule has 0 unspecified atom stereocenters. The molecule has 1 heterocycles. The van der Waals surface area contributed by atoms with Crippen molar-refractivity contribution in [3.63, 3.8) is 0 Å². The normalized spacial score (nSPS) is 11.6. The molecule has 0 bridgehead atoms. The van der Waals surface area contributed by atoms with Gasteiger partial charge in [0.15, 0.2) is 6.04 Å². The summed E-state index contributed by atoms with van der Waals surface area (Å²) in [6.45, 7) is 0. The van der Waals surface area contributed by atoms with E-state index in [9.17, 15) is 9.90 Å². The zero-order valence-corrected chi connectivity index (χ0v) is 20.3. The van der Waals surface area contributed by atoms with Gasteiger partial charge in [0.2, 0.25) is 0 Å². The summed E-state index contributed by atoms with van der Waals surface area (Å²) in [5, 5.41) is 18.1. The van der Waals surface area contributed by atoms with Gasteiger partial charge in [-0.15, -0.1) is 5.10 Å². The summed E-state index contributed by atoms with van der Waals surface area (Å²) < 4.78 is 6.55. The van der Waals surface area contributed by atoms with Gasteiger partial charge in [0, 0.05) is 29.0 Å². The molecule has 0 amide bonds. The minimum atomic E-state index is -0.679. The smallest absolute Gasteiger partial charge is 0.331 e. The summed E-state index contributed by atoms with van der Waals surface area (Å²) in [4.78, 5) is 14.7. The number of methoxy groups -OCH3 is 1. The largest absolute Gasteiger partial charge is 0.508 e. The molecule has 1 aromatic heterocycles. The second-order valence-corrected chi connectivity index (χ2v) is 8.55. The highest BCUT2D eigenvalue weighted by Gasteiger charge is 2.24. The number of ether oxygens (including phenoxy) is 1. The second-order valence-electron chi connectivity index (χ2n) is 8.55. The first-order valence-electron chi connectivity index (χ1n) is 11.9. The van der Waals surface area contributed by atoms with Crippen LogP contribution in [0.25, 0.3) is 11.3 Å². The maximum atomic E-state index is 12.6. The van der Waals surface area contributed by atoms with Crippen LogP contribution in [0.15, 0.2) is 115 Å². The minimum Gasteiger partial charge on any atom is -0.508 e. The van der Waals surface area contributed by atoms with Gasteiger partial charge >= 0.3 is 5.97 Å². The van der Waals surface area contributed by atoms with E-state index in [1.54, 1.807) is 30.5 Å². The predicted molar refractivity (Wildman–Crippen MR) is 143 cm³/mol. The average Bonchev–Trinajstić information content (AvgIpc) is 3.44. The molecule has 0 radical (unpaired) electrons. The van der Waals surface area contributed by atoms with Crippen molar-refractivity contribution in [2.45, 2.75) is 12.5 Å². The Bertz CT molecular complexity index is 1410. The third-order valence-corrected chi connectivity index (χ3v) is 6.12. The Labute approximate surface area is 215 Å². The lowest BCUT2D eigenvalue weighted by molar-refractivity contribution is -0.144. The summed E-state index contributed by atoms with van der Waals surface area (Å²) >= 11 is 0. The summed E-state index contributed by atoms with van der Waals surface area (Å²) in [6, 6.07) is 34.5. The number of anilines is 3. The van der Waals surface area contributed by atoms with Crippen LogP contribution in [0.5, 0.6) is 5.75 Å². The van der Waals surface area contributed by atoms with E-state index >= 15 is 0 Å². The first kappa shape index (κ1) is 23.8. The average molecular weight is 491 g/mol. The van der Waals surface area contributed by atoms with Crippen LogP contribution < -0.4 is 4.90 Å². The molecule has 0 saturated carbocycles. The van der Waals surface area contributed by atoms with Gasteiger partial charge in [-0.3, -0.25) is 0 Å². The molecular formula is C30H26N4O3. The van der Waals surface area contributed by atoms with Crippen LogP contribution in [0.2, 0.25) is 0 Å². The maximum absolute atomic E-state index is 12.6. The third-order valence-electron chi connectivity index (χ3n) is 6.12. The van der Waals surface area contributed by atoms with Crippen molar-refractivity contribution in [2.75, 3.05) is 12.0 Å². The molecule has 1 N–H and O–H groups in total. The minimum absolute atomic E-state index is 0.169. The Balaban J connectivity index is 1.42. The van der Waals surface area contributed by atoms with Gasteiger partial charge in [0.1, 0.15) is 11.4 Å². The molecule has 0 fully saturated rings. The quantitative estimate of drug-likeness (QED) is 0.266. The fourth-order valence-corrected chi connectivity index (χ4v) is 4.22. The van der Waals surface area contributed by atoms with E-state index in [4.69, 9.17) is 4.74 Å². The van der Waals surface area contributed by atoms with Crippen LogP contribution in [-0.2, 0) is 16.0 Å². The second kappa shape index (κ2) is 10.8. The van der Waals surface area contributed by atoms with E-state index in [0.29, 0.717) is 12.1 Å². The molecule has 5 rings (SSSR count). The van der Waals surface area contributed by atoms with Crippen molar-refractivity contribution in [1.82, 2.24) is 15.0 Å². The van der Waals surface area contributed by atoms with Crippen molar-refractivity contribution in [2.24, 2.45) is 0 Å². The maximum Gasteiger partial charge on any atom is 0.331 e. The van der Waals surface area contributed by atoms with Crippen LogP contribution >= 0.6 is 0 Å². The van der Waals surface area contributed by atoms with Crippen LogP contribution in [0.3, 0.4) is 0 Å². The number of rotatable bonds is 8. The van der Waals surface area contributed by atoms with Crippen LogP contribution in [0.1, 0.15) is 11.6 Å². The first-order valence-corrected chi connectivity index (χ1v) is 11.9. The molecule has 0 saturated heterocycles. The summed E-state index contributed by atoms with van der Waals surface area (Å²) in [6.07, 6.45) is 2.11. The highest BCUT2D eigenvalue weighted by molar-refractivity contribution is 5.78. The van der Waals surface area contributed by atoms with Gasteiger partial charge < -0.3 is 14.7 Å². The topological polar surface area (TPSA) is 80.5 Å². The molecule has 7 nitrogen and oxygen atoms in total. The summed E-state index contributed by atoms with van der Waals surface area (Å²) in [5.41, 5.74) is 5.52. The number of esters is 1. The number of para-hydroxylation sites is 2. The summed E-state index contributed by atoms with van der Waals surface area (Å²) in [5.74, 6) is -0.246. The number of hydrogen-bond acceptors (Lipinski definition) is 6. The molecule has 4 aromatic carbocycles. The number of phenols is 1. The lowest BCUT2D eigenvalue weighted by Crippen LogP contribution is -2.23. The molecule has 5 aromatic rings. The van der Waals surface area contributed by atoms with E-state index in [1.165, 1.54) is 11.8 Å². The van der Waals surface area contributed by atoms with Crippen LogP contribution in [0.4, 0.5) is 17.1 Å². The monoisotopic (exact) mass is 490 g/mol. The fourth-order valence-electron chi connectivity index (χ4n) is 4.22. The molecule has 184 valence electrons. The van der Waals surface area contributed by atoms with Gasteiger partial charge in [0.25, 0.3) is 0 Å². The number of aromatic hydroxyl groups is 1. The number of carbonyl (C=O) groups excluding carboxylic acids is 1. The number of benzene rings is 4. The highest BCUT2D eigenvalue weighted by Crippen LogP contribution is 2.35. The molecule has 7 heteroatoms. The Kier molecular flexibility index (Phi) is 6.94. The van der Waals surface area contributed by atoms with E-state index < -0.39 is 12.0 Å². The van der Waals surface area contributed by atoms with Gasteiger partial charge in [-0.2, -0.15) is 0 Å². The molecular weight excluding hydrogens is 464 g/mol. The van der Waals surface area contributed by atoms with Gasteiger partial charge in [-0.25, -0.2) is 9.48 Å².